The van der Waals surface area contributed by atoms with Crippen molar-refractivity contribution in [3.8, 4) is 0 Å². The number of nitro groups is 1. The molecule has 1 unspecified atom stereocenters. The summed E-state index contributed by atoms with van der Waals surface area (Å²) >= 11 is 0. The van der Waals surface area contributed by atoms with Crippen molar-refractivity contribution in [3.05, 3.63) is 85.4 Å². The normalized spacial score (nSPS) is 17.6. The number of tetrazole rings is 1. The molecule has 11 heteroatoms. The van der Waals surface area contributed by atoms with E-state index in [4.69, 9.17) is 0 Å². The summed E-state index contributed by atoms with van der Waals surface area (Å²) in [6.45, 7) is 6.92. The number of aromatic nitrogens is 5. The first kappa shape index (κ1) is 25.2. The molecule has 0 radical (unpaired) electrons. The summed E-state index contributed by atoms with van der Waals surface area (Å²) in [6, 6.07) is 12.7. The Kier molecular flexibility index (Phi) is 6.59. The Morgan fingerprint density at radius 3 is 2.38 bits per heavy atom. The van der Waals surface area contributed by atoms with Crippen LogP contribution in [0.4, 0.5) is 11.4 Å². The van der Waals surface area contributed by atoms with Crippen molar-refractivity contribution in [3.63, 3.8) is 0 Å². The van der Waals surface area contributed by atoms with Gasteiger partial charge >= 0.3 is 0 Å². The molecule has 0 bridgehead atoms. The largest absolute Gasteiger partial charge is 0.369 e. The first-order valence-electron chi connectivity index (χ1n) is 13.5. The van der Waals surface area contributed by atoms with Crippen LogP contribution in [0, 0.1) is 24.0 Å². The molecule has 39 heavy (non-hydrogen) atoms. The van der Waals surface area contributed by atoms with Crippen molar-refractivity contribution < 1.29 is 4.92 Å². The molecule has 1 aliphatic heterocycles. The molecule has 11 nitrogen and oxygen atoms in total. The summed E-state index contributed by atoms with van der Waals surface area (Å²) in [4.78, 5) is 31.9. The molecule has 3 heterocycles. The summed E-state index contributed by atoms with van der Waals surface area (Å²) in [5.41, 5.74) is 4.67. The van der Waals surface area contributed by atoms with E-state index in [9.17, 15) is 14.9 Å². The van der Waals surface area contributed by atoms with Gasteiger partial charge in [-0.3, -0.25) is 19.8 Å². The lowest BCUT2D eigenvalue weighted by Crippen LogP contribution is -2.49. The molecule has 1 atom stereocenters. The molecule has 2 fully saturated rings. The number of aromatic amines is 1. The Morgan fingerprint density at radius 1 is 1.00 bits per heavy atom. The Hall–Kier alpha value is -4.12. The fourth-order valence-corrected chi connectivity index (χ4v) is 6.01. The number of non-ortho nitro benzene ring substituents is 1. The second-order valence-corrected chi connectivity index (χ2v) is 10.7. The van der Waals surface area contributed by atoms with E-state index in [1.54, 1.807) is 24.3 Å². The predicted molar refractivity (Wildman–Crippen MR) is 148 cm³/mol. The van der Waals surface area contributed by atoms with Gasteiger partial charge in [0.15, 0.2) is 5.82 Å². The summed E-state index contributed by atoms with van der Waals surface area (Å²) in [5.74, 6) is 0.708. The van der Waals surface area contributed by atoms with E-state index in [0.29, 0.717) is 37.6 Å². The highest BCUT2D eigenvalue weighted by Gasteiger charge is 2.35. The lowest BCUT2D eigenvalue weighted by Gasteiger charge is -2.39. The third-order valence-electron chi connectivity index (χ3n) is 8.32. The number of hydrogen-bond donors (Lipinski definition) is 1. The minimum absolute atomic E-state index is 0.0807. The minimum Gasteiger partial charge on any atom is -0.369 e. The lowest BCUT2D eigenvalue weighted by molar-refractivity contribution is -0.384. The van der Waals surface area contributed by atoms with Crippen LogP contribution in [0.2, 0.25) is 0 Å². The van der Waals surface area contributed by atoms with E-state index < -0.39 is 6.04 Å². The zero-order valence-electron chi connectivity index (χ0n) is 22.2. The minimum atomic E-state index is -0.394. The Labute approximate surface area is 225 Å². The van der Waals surface area contributed by atoms with Crippen molar-refractivity contribution in [1.82, 2.24) is 30.1 Å². The first-order chi connectivity index (χ1) is 18.9. The SMILES string of the molecule is Cc1cc2cc(C(c3nnnn3C3CCCC3)N3CCN(c4ccc([N+](=O)[O-])cc4)CC3)c(=O)[nH]c2cc1C. The zero-order valence-corrected chi connectivity index (χ0v) is 22.2. The fraction of sp³-hybridized carbons (Fsp3) is 0.429. The maximum absolute atomic E-state index is 13.6. The van der Waals surface area contributed by atoms with E-state index in [2.05, 4.69) is 43.3 Å². The highest BCUT2D eigenvalue weighted by Crippen LogP contribution is 2.34. The van der Waals surface area contributed by atoms with Gasteiger partial charge in [-0.05, 0) is 84.0 Å². The highest BCUT2D eigenvalue weighted by atomic mass is 16.6. The number of nitrogens with one attached hydrogen (secondary N) is 1. The van der Waals surface area contributed by atoms with Crippen LogP contribution in [0.15, 0.2) is 47.3 Å². The molecule has 2 aromatic heterocycles. The van der Waals surface area contributed by atoms with E-state index in [0.717, 1.165) is 47.8 Å². The van der Waals surface area contributed by atoms with Gasteiger partial charge in [-0.1, -0.05) is 12.8 Å². The van der Waals surface area contributed by atoms with Crippen molar-refractivity contribution in [2.45, 2.75) is 51.6 Å². The van der Waals surface area contributed by atoms with Crippen LogP contribution < -0.4 is 10.5 Å². The van der Waals surface area contributed by atoms with Crippen LogP contribution in [0.25, 0.3) is 10.9 Å². The highest BCUT2D eigenvalue weighted by molar-refractivity contribution is 5.81. The van der Waals surface area contributed by atoms with Crippen molar-refractivity contribution >= 4 is 22.3 Å². The van der Waals surface area contributed by atoms with Crippen molar-refractivity contribution in [2.24, 2.45) is 0 Å². The Morgan fingerprint density at radius 2 is 1.69 bits per heavy atom. The number of piperazine rings is 1. The van der Waals surface area contributed by atoms with Gasteiger partial charge in [-0.25, -0.2) is 4.68 Å². The quantitative estimate of drug-likeness (QED) is 0.293. The standard InChI is InChI=1S/C28H32N8O3/c1-18-15-20-17-24(28(37)29-25(20)16-19(18)2)26(27-30-31-32-35(27)22-5-3-4-6-22)34-13-11-33(12-14-34)21-7-9-23(10-8-21)36(38)39/h7-10,15-17,22,26H,3-6,11-14H2,1-2H3,(H,29,37). The molecular formula is C28H32N8O3. The van der Waals surface area contributed by atoms with E-state index in [-0.39, 0.29) is 22.2 Å². The van der Waals surface area contributed by atoms with Gasteiger partial charge < -0.3 is 9.88 Å². The number of aryl methyl sites for hydroxylation is 2. The summed E-state index contributed by atoms with van der Waals surface area (Å²) in [7, 11) is 0. The van der Waals surface area contributed by atoms with Gasteiger partial charge in [0.2, 0.25) is 0 Å². The molecule has 1 N–H and O–H groups in total. The smallest absolute Gasteiger partial charge is 0.269 e. The van der Waals surface area contributed by atoms with Crippen LogP contribution in [0.1, 0.15) is 60.3 Å². The summed E-state index contributed by atoms with van der Waals surface area (Å²) < 4.78 is 1.95. The average molecular weight is 529 g/mol. The number of anilines is 1. The van der Waals surface area contributed by atoms with E-state index in [1.807, 2.05) is 23.7 Å². The zero-order chi connectivity index (χ0) is 27.1. The van der Waals surface area contributed by atoms with Crippen LogP contribution in [0.3, 0.4) is 0 Å². The average Bonchev–Trinajstić information content (AvgIpc) is 3.63. The summed E-state index contributed by atoms with van der Waals surface area (Å²) in [5, 5.41) is 25.0. The molecule has 1 aliphatic carbocycles. The number of fused-ring (bicyclic) bond motifs is 1. The number of benzene rings is 2. The van der Waals surface area contributed by atoms with Crippen molar-refractivity contribution in [1.29, 1.82) is 0 Å². The Bertz CT molecular complexity index is 1560. The number of pyridine rings is 1. The van der Waals surface area contributed by atoms with E-state index >= 15 is 0 Å². The molecule has 202 valence electrons. The van der Waals surface area contributed by atoms with Crippen LogP contribution >= 0.6 is 0 Å². The van der Waals surface area contributed by atoms with Crippen LogP contribution in [0.5, 0.6) is 0 Å². The van der Waals surface area contributed by atoms with Gasteiger partial charge in [-0.2, -0.15) is 0 Å². The van der Waals surface area contributed by atoms with Gasteiger partial charge in [0.05, 0.1) is 11.0 Å². The number of rotatable bonds is 6. The Balaban J connectivity index is 1.36. The molecule has 1 saturated heterocycles. The molecule has 2 aliphatic rings. The third kappa shape index (κ3) is 4.78. The third-order valence-corrected chi connectivity index (χ3v) is 8.32. The molecule has 0 amide bonds. The predicted octanol–water partition coefficient (Wildman–Crippen LogP) is 4.07. The van der Waals surface area contributed by atoms with Crippen LogP contribution in [-0.4, -0.2) is 61.2 Å². The lowest BCUT2D eigenvalue weighted by atomic mass is 10.00. The summed E-state index contributed by atoms with van der Waals surface area (Å²) in [6.07, 6.45) is 4.37. The van der Waals surface area contributed by atoms with Gasteiger partial charge in [0, 0.05) is 55.1 Å². The number of H-pyrrole nitrogens is 1. The van der Waals surface area contributed by atoms with Crippen molar-refractivity contribution in [2.75, 3.05) is 31.1 Å². The monoisotopic (exact) mass is 528 g/mol. The molecule has 2 aromatic carbocycles. The maximum Gasteiger partial charge on any atom is 0.269 e. The van der Waals surface area contributed by atoms with Gasteiger partial charge in [-0.15, -0.1) is 5.10 Å². The first-order valence-corrected chi connectivity index (χ1v) is 13.5. The number of hydrogen-bond acceptors (Lipinski definition) is 8. The molecule has 4 aromatic rings. The van der Waals surface area contributed by atoms with E-state index in [1.165, 1.54) is 5.56 Å². The second-order valence-electron chi connectivity index (χ2n) is 10.7. The topological polar surface area (TPSA) is 126 Å². The second kappa shape index (κ2) is 10.2. The maximum atomic E-state index is 13.6. The number of nitrogens with zero attached hydrogens (tertiary/aromatic N) is 7. The molecular weight excluding hydrogens is 496 g/mol. The van der Waals surface area contributed by atoms with Gasteiger partial charge in [0.1, 0.15) is 6.04 Å². The van der Waals surface area contributed by atoms with Gasteiger partial charge in [0.25, 0.3) is 11.2 Å². The number of nitro benzene ring substituents is 1. The molecule has 6 rings (SSSR count). The molecule has 0 spiro atoms. The molecule has 1 saturated carbocycles. The van der Waals surface area contributed by atoms with Crippen LogP contribution in [-0.2, 0) is 0 Å². The fourth-order valence-electron chi connectivity index (χ4n) is 6.01.